The van der Waals surface area contributed by atoms with Crippen LogP contribution < -0.4 is 21.1 Å². The van der Waals surface area contributed by atoms with Crippen molar-refractivity contribution >= 4 is 34.4 Å². The fourth-order valence-electron chi connectivity index (χ4n) is 4.13. The Labute approximate surface area is 200 Å². The summed E-state index contributed by atoms with van der Waals surface area (Å²) in [7, 11) is 1.51. The number of anilines is 1. The summed E-state index contributed by atoms with van der Waals surface area (Å²) in [5, 5.41) is 5.32. The number of rotatable bonds is 6. The lowest BCUT2D eigenvalue weighted by Gasteiger charge is -2.33. The van der Waals surface area contributed by atoms with Gasteiger partial charge in [0.25, 0.3) is 5.91 Å². The number of thioether (sulfide) groups is 1. The van der Waals surface area contributed by atoms with E-state index in [0.717, 1.165) is 30.2 Å². The van der Waals surface area contributed by atoms with Crippen LogP contribution in [0.25, 0.3) is 0 Å². The molecule has 1 saturated carbocycles. The molecule has 3 atom stereocenters. The topological polar surface area (TPSA) is 132 Å². The third kappa shape index (κ3) is 4.74. The minimum absolute atomic E-state index is 0.149. The fourth-order valence-corrected chi connectivity index (χ4v) is 5.56. The van der Waals surface area contributed by atoms with Crippen LogP contribution in [0.1, 0.15) is 29.4 Å². The number of nitrogens with two attached hydrogens (primary N) is 1. The normalized spacial score (nSPS) is 25.2. The molecule has 9 nitrogen and oxygen atoms in total. The highest BCUT2D eigenvalue weighted by atomic mass is 32.2. The first-order chi connectivity index (χ1) is 16.4. The first kappa shape index (κ1) is 24.7. The minimum atomic E-state index is -4.54. The maximum Gasteiger partial charge on any atom is 0.422 e. The molecule has 35 heavy (non-hydrogen) atoms. The van der Waals surface area contributed by atoms with Crippen molar-refractivity contribution in [2.45, 2.75) is 29.8 Å². The molecule has 0 bridgehead atoms. The van der Waals surface area contributed by atoms with Gasteiger partial charge in [-0.1, -0.05) is 11.8 Å². The molecular formula is C21H20F4N6O3S. The van der Waals surface area contributed by atoms with Gasteiger partial charge in [-0.2, -0.15) is 13.2 Å². The summed E-state index contributed by atoms with van der Waals surface area (Å²) in [5.74, 6) is -2.25. The molecule has 0 unspecified atom stereocenters. The second-order valence-corrected chi connectivity index (χ2v) is 9.57. The number of aromatic nitrogens is 2. The van der Waals surface area contributed by atoms with Gasteiger partial charge in [-0.05, 0) is 31.5 Å². The molecule has 0 radical (unpaired) electrons. The van der Waals surface area contributed by atoms with E-state index < -0.39 is 40.7 Å². The predicted octanol–water partition coefficient (Wildman–Crippen LogP) is 2.59. The second-order valence-electron chi connectivity index (χ2n) is 8.22. The van der Waals surface area contributed by atoms with Crippen LogP contribution in [0.2, 0.25) is 0 Å². The van der Waals surface area contributed by atoms with Crippen molar-refractivity contribution in [2.24, 2.45) is 16.6 Å². The molecule has 2 aliphatic rings. The Balaban J connectivity index is 1.54. The summed E-state index contributed by atoms with van der Waals surface area (Å²) in [6.45, 7) is 0.141. The van der Waals surface area contributed by atoms with Gasteiger partial charge >= 0.3 is 6.18 Å². The van der Waals surface area contributed by atoms with Crippen molar-refractivity contribution in [1.82, 2.24) is 15.3 Å². The number of carbonyl (C=O) groups excluding carboxylic acids is 2. The standard InChI is InChI=1S/C21H20F4N6O3S/c1-19(14-6-20(14,17(33)27-2)35-18(26)31-19)11-5-10(3-4-12(11)22)30-16(32)13-7-29-15(8-28-13)34-9-21(23,24)25/h3-5,7-8,14H,6,9H2,1-2H3,(H2,26,31)(H,27,33)(H,30,32)/t14-,19+,20-/m0/s1. The van der Waals surface area contributed by atoms with Gasteiger partial charge < -0.3 is 21.1 Å². The SMILES string of the molecule is CNC(=O)[C@]12C[C@H]1[C@@](C)(c1cc(NC(=O)c3cnc(OCC(F)(F)F)cn3)ccc1F)N=C(N)S2. The number of carbonyl (C=O) groups is 2. The molecule has 4 rings (SSSR count). The third-order valence-corrected chi connectivity index (χ3v) is 7.14. The molecule has 2 heterocycles. The summed E-state index contributed by atoms with van der Waals surface area (Å²) < 4.78 is 55.3. The Kier molecular flexibility index (Phi) is 6.11. The lowest BCUT2D eigenvalue weighted by Crippen LogP contribution is -2.43. The number of fused-ring (bicyclic) bond motifs is 1. The van der Waals surface area contributed by atoms with Crippen LogP contribution in [0, 0.1) is 11.7 Å². The quantitative estimate of drug-likeness (QED) is 0.507. The molecule has 1 fully saturated rings. The molecule has 2 aromatic rings. The molecule has 186 valence electrons. The van der Waals surface area contributed by atoms with Crippen molar-refractivity contribution in [3.05, 3.63) is 47.7 Å². The van der Waals surface area contributed by atoms with Crippen LogP contribution in [0.4, 0.5) is 23.2 Å². The number of ether oxygens (including phenoxy) is 1. The van der Waals surface area contributed by atoms with Crippen molar-refractivity contribution in [1.29, 1.82) is 0 Å². The zero-order valence-electron chi connectivity index (χ0n) is 18.4. The average molecular weight is 512 g/mol. The van der Waals surface area contributed by atoms with E-state index in [1.54, 1.807) is 6.92 Å². The van der Waals surface area contributed by atoms with Gasteiger partial charge in [0.2, 0.25) is 11.8 Å². The van der Waals surface area contributed by atoms with Gasteiger partial charge in [0.05, 0.1) is 17.9 Å². The fraction of sp³-hybridized carbons (Fsp3) is 0.381. The van der Waals surface area contributed by atoms with E-state index in [2.05, 4.69) is 30.3 Å². The summed E-state index contributed by atoms with van der Waals surface area (Å²) in [5.41, 5.74) is 5.02. The summed E-state index contributed by atoms with van der Waals surface area (Å²) in [6.07, 6.45) is -2.24. The Morgan fingerprint density at radius 3 is 2.66 bits per heavy atom. The molecule has 0 spiro atoms. The Morgan fingerprint density at radius 2 is 2.03 bits per heavy atom. The highest BCUT2D eigenvalue weighted by molar-refractivity contribution is 8.15. The summed E-state index contributed by atoms with van der Waals surface area (Å²) >= 11 is 1.15. The number of nitrogens with zero attached hydrogens (tertiary/aromatic N) is 3. The summed E-state index contributed by atoms with van der Waals surface area (Å²) in [4.78, 5) is 36.9. The largest absolute Gasteiger partial charge is 0.467 e. The zero-order chi connectivity index (χ0) is 25.6. The van der Waals surface area contributed by atoms with E-state index in [9.17, 15) is 27.2 Å². The van der Waals surface area contributed by atoms with E-state index in [1.807, 2.05) is 0 Å². The molecule has 2 amide bonds. The second kappa shape index (κ2) is 8.66. The van der Waals surface area contributed by atoms with E-state index in [1.165, 1.54) is 19.2 Å². The number of benzene rings is 1. The lowest BCUT2D eigenvalue weighted by atomic mass is 9.85. The number of nitrogens with one attached hydrogen (secondary N) is 2. The van der Waals surface area contributed by atoms with Crippen LogP contribution in [0.15, 0.2) is 35.6 Å². The van der Waals surface area contributed by atoms with Crippen molar-refractivity contribution in [3.8, 4) is 5.88 Å². The highest BCUT2D eigenvalue weighted by Crippen LogP contribution is 2.66. The van der Waals surface area contributed by atoms with Crippen LogP contribution in [-0.4, -0.2) is 51.5 Å². The average Bonchev–Trinajstić information content (AvgIpc) is 3.55. The molecule has 1 aromatic heterocycles. The van der Waals surface area contributed by atoms with E-state index in [-0.39, 0.29) is 33.9 Å². The monoisotopic (exact) mass is 512 g/mol. The molecule has 1 aliphatic heterocycles. The zero-order valence-corrected chi connectivity index (χ0v) is 19.3. The van der Waals surface area contributed by atoms with Gasteiger partial charge in [-0.15, -0.1) is 0 Å². The highest BCUT2D eigenvalue weighted by Gasteiger charge is 2.70. The lowest BCUT2D eigenvalue weighted by molar-refractivity contribution is -0.154. The summed E-state index contributed by atoms with van der Waals surface area (Å²) in [6, 6.07) is 3.90. The van der Waals surface area contributed by atoms with Crippen molar-refractivity contribution in [3.63, 3.8) is 0 Å². The Hall–Kier alpha value is -3.42. The number of alkyl halides is 3. The van der Waals surface area contributed by atoms with Gasteiger partial charge in [-0.25, -0.2) is 14.4 Å². The van der Waals surface area contributed by atoms with Crippen LogP contribution in [0.5, 0.6) is 5.88 Å². The molecule has 4 N–H and O–H groups in total. The van der Waals surface area contributed by atoms with Crippen LogP contribution >= 0.6 is 11.8 Å². The Bertz CT molecular complexity index is 1210. The maximum absolute atomic E-state index is 14.9. The van der Waals surface area contributed by atoms with Crippen LogP contribution in [-0.2, 0) is 10.3 Å². The number of amidine groups is 1. The van der Waals surface area contributed by atoms with E-state index in [0.29, 0.717) is 6.42 Å². The minimum Gasteiger partial charge on any atom is -0.467 e. The van der Waals surface area contributed by atoms with Gasteiger partial charge in [0, 0.05) is 24.2 Å². The van der Waals surface area contributed by atoms with Gasteiger partial charge in [0.15, 0.2) is 11.8 Å². The van der Waals surface area contributed by atoms with Crippen molar-refractivity contribution < 1.29 is 31.9 Å². The van der Waals surface area contributed by atoms with E-state index in [4.69, 9.17) is 5.73 Å². The molecule has 14 heteroatoms. The van der Waals surface area contributed by atoms with E-state index >= 15 is 0 Å². The predicted molar refractivity (Wildman–Crippen MR) is 119 cm³/mol. The smallest absolute Gasteiger partial charge is 0.422 e. The van der Waals surface area contributed by atoms with Gasteiger partial charge in [-0.3, -0.25) is 14.6 Å². The molecular weight excluding hydrogens is 492 g/mol. The molecule has 0 saturated heterocycles. The molecule has 1 aromatic carbocycles. The van der Waals surface area contributed by atoms with Gasteiger partial charge in [0.1, 0.15) is 16.3 Å². The number of hydrogen-bond acceptors (Lipinski definition) is 8. The maximum atomic E-state index is 14.9. The first-order valence-electron chi connectivity index (χ1n) is 10.3. The third-order valence-electron chi connectivity index (χ3n) is 5.84. The van der Waals surface area contributed by atoms with Crippen LogP contribution in [0.3, 0.4) is 0 Å². The number of aliphatic imine (C=N–C) groups is 1. The first-order valence-corrected chi connectivity index (χ1v) is 11.1. The molecule has 1 aliphatic carbocycles. The number of hydrogen-bond donors (Lipinski definition) is 3. The number of halogens is 4. The van der Waals surface area contributed by atoms with Crippen molar-refractivity contribution in [2.75, 3.05) is 19.0 Å². The Morgan fingerprint density at radius 1 is 1.29 bits per heavy atom. The number of amides is 2.